The second-order valence-corrected chi connectivity index (χ2v) is 7.97. The summed E-state index contributed by atoms with van der Waals surface area (Å²) in [6.07, 6.45) is 5.55. The van der Waals surface area contributed by atoms with Crippen molar-refractivity contribution < 1.29 is 9.59 Å². The van der Waals surface area contributed by atoms with Crippen LogP contribution in [0.4, 0.5) is 0 Å². The van der Waals surface area contributed by atoms with Gasteiger partial charge < -0.3 is 11.1 Å². The number of carbonyl (C=O) groups excluding carboxylic acids is 2. The Bertz CT molecular complexity index is 399. The van der Waals surface area contributed by atoms with Gasteiger partial charge in [0.15, 0.2) is 0 Å². The molecular formula is C16H28N2O2. The molecule has 2 aliphatic rings. The molecule has 0 aromatic carbocycles. The van der Waals surface area contributed by atoms with Crippen molar-refractivity contribution >= 4 is 11.8 Å². The minimum absolute atomic E-state index is 0.0305. The topological polar surface area (TPSA) is 72.2 Å². The van der Waals surface area contributed by atoms with E-state index in [0.717, 1.165) is 25.7 Å². The monoisotopic (exact) mass is 280 g/mol. The Labute approximate surface area is 121 Å². The molecule has 114 valence electrons. The van der Waals surface area contributed by atoms with Crippen molar-refractivity contribution in [3.8, 4) is 0 Å². The number of hydrogen-bond donors (Lipinski definition) is 2. The van der Waals surface area contributed by atoms with E-state index in [-0.39, 0.29) is 28.6 Å². The molecule has 2 fully saturated rings. The molecular weight excluding hydrogens is 252 g/mol. The van der Waals surface area contributed by atoms with E-state index in [2.05, 4.69) is 26.1 Å². The highest BCUT2D eigenvalue weighted by Crippen LogP contribution is 2.48. The highest BCUT2D eigenvalue weighted by Gasteiger charge is 2.44. The molecule has 0 aromatic heterocycles. The molecule has 2 unspecified atom stereocenters. The van der Waals surface area contributed by atoms with Crippen molar-refractivity contribution in [1.29, 1.82) is 0 Å². The molecule has 0 saturated heterocycles. The standard InChI is InChI=1S/C16H28N2O2/c1-11-6-12(8-15(2,3)7-11)14(20)18-10-16(4-5-16)9-13(17)19/h11-12H,4-10H2,1-3H3,(H2,17,19)(H,18,20). The van der Waals surface area contributed by atoms with Gasteiger partial charge in [0, 0.05) is 18.9 Å². The Morgan fingerprint density at radius 3 is 2.40 bits per heavy atom. The first-order chi connectivity index (χ1) is 9.21. The smallest absolute Gasteiger partial charge is 0.223 e. The van der Waals surface area contributed by atoms with Crippen LogP contribution in [0.3, 0.4) is 0 Å². The number of primary amides is 1. The van der Waals surface area contributed by atoms with Crippen molar-refractivity contribution in [2.75, 3.05) is 6.54 Å². The first-order valence-corrected chi connectivity index (χ1v) is 7.77. The third-order valence-electron chi connectivity index (χ3n) is 4.90. The van der Waals surface area contributed by atoms with Gasteiger partial charge in [-0.1, -0.05) is 20.8 Å². The van der Waals surface area contributed by atoms with E-state index in [1.54, 1.807) is 0 Å². The zero-order chi connectivity index (χ0) is 15.0. The van der Waals surface area contributed by atoms with Crippen LogP contribution in [0.5, 0.6) is 0 Å². The molecule has 2 amide bonds. The van der Waals surface area contributed by atoms with Crippen LogP contribution in [0.15, 0.2) is 0 Å². The van der Waals surface area contributed by atoms with Gasteiger partial charge >= 0.3 is 0 Å². The molecule has 2 saturated carbocycles. The average Bonchev–Trinajstić information content (AvgIpc) is 3.02. The summed E-state index contributed by atoms with van der Waals surface area (Å²) in [6, 6.07) is 0. The van der Waals surface area contributed by atoms with Crippen LogP contribution >= 0.6 is 0 Å². The van der Waals surface area contributed by atoms with Crippen molar-refractivity contribution in [1.82, 2.24) is 5.32 Å². The van der Waals surface area contributed by atoms with E-state index in [0.29, 0.717) is 18.9 Å². The summed E-state index contributed by atoms with van der Waals surface area (Å²) in [5.74, 6) is 0.637. The summed E-state index contributed by atoms with van der Waals surface area (Å²) in [5, 5.41) is 3.07. The molecule has 2 aliphatic carbocycles. The van der Waals surface area contributed by atoms with Gasteiger partial charge in [-0.3, -0.25) is 9.59 Å². The Hall–Kier alpha value is -1.06. The number of nitrogens with two attached hydrogens (primary N) is 1. The van der Waals surface area contributed by atoms with Crippen LogP contribution in [0.25, 0.3) is 0 Å². The Kier molecular flexibility index (Phi) is 4.12. The quantitative estimate of drug-likeness (QED) is 0.810. The molecule has 2 atom stereocenters. The average molecular weight is 280 g/mol. The second kappa shape index (κ2) is 5.38. The lowest BCUT2D eigenvalue weighted by molar-refractivity contribution is -0.128. The second-order valence-electron chi connectivity index (χ2n) is 7.97. The molecule has 3 N–H and O–H groups in total. The number of carbonyl (C=O) groups is 2. The molecule has 0 aliphatic heterocycles. The lowest BCUT2D eigenvalue weighted by Gasteiger charge is -2.38. The minimum atomic E-state index is -0.260. The van der Waals surface area contributed by atoms with Gasteiger partial charge in [0.2, 0.25) is 11.8 Å². The predicted molar refractivity (Wildman–Crippen MR) is 78.8 cm³/mol. The fraction of sp³-hybridized carbons (Fsp3) is 0.875. The van der Waals surface area contributed by atoms with Crippen molar-refractivity contribution in [3.63, 3.8) is 0 Å². The molecule has 20 heavy (non-hydrogen) atoms. The highest BCUT2D eigenvalue weighted by atomic mass is 16.2. The first-order valence-electron chi connectivity index (χ1n) is 7.77. The maximum absolute atomic E-state index is 12.4. The molecule has 4 heteroatoms. The van der Waals surface area contributed by atoms with Crippen LogP contribution in [0.2, 0.25) is 0 Å². The molecule has 0 aromatic rings. The SMILES string of the molecule is CC1CC(C(=O)NCC2(CC(N)=O)CC2)CC(C)(C)C1. The molecule has 0 heterocycles. The summed E-state index contributed by atoms with van der Waals surface area (Å²) >= 11 is 0. The number of amides is 2. The third kappa shape index (κ3) is 3.97. The molecule has 2 rings (SSSR count). The zero-order valence-corrected chi connectivity index (χ0v) is 13.0. The van der Waals surface area contributed by atoms with Crippen LogP contribution in [-0.2, 0) is 9.59 Å². The Balaban J connectivity index is 1.84. The number of rotatable bonds is 5. The van der Waals surface area contributed by atoms with Crippen LogP contribution in [0, 0.1) is 22.7 Å². The van der Waals surface area contributed by atoms with Crippen LogP contribution < -0.4 is 11.1 Å². The maximum Gasteiger partial charge on any atom is 0.223 e. The van der Waals surface area contributed by atoms with Crippen molar-refractivity contribution in [3.05, 3.63) is 0 Å². The van der Waals surface area contributed by atoms with E-state index in [9.17, 15) is 9.59 Å². The zero-order valence-electron chi connectivity index (χ0n) is 13.0. The van der Waals surface area contributed by atoms with Gasteiger partial charge in [0.25, 0.3) is 0 Å². The van der Waals surface area contributed by atoms with Crippen molar-refractivity contribution in [2.24, 2.45) is 28.4 Å². The fourth-order valence-corrected chi connectivity index (χ4v) is 3.93. The Morgan fingerprint density at radius 2 is 1.90 bits per heavy atom. The summed E-state index contributed by atoms with van der Waals surface area (Å²) in [7, 11) is 0. The van der Waals surface area contributed by atoms with Gasteiger partial charge in [-0.15, -0.1) is 0 Å². The van der Waals surface area contributed by atoms with Crippen LogP contribution in [-0.4, -0.2) is 18.4 Å². The number of hydrogen-bond acceptors (Lipinski definition) is 2. The van der Waals surface area contributed by atoms with E-state index in [1.807, 2.05) is 0 Å². The third-order valence-corrected chi connectivity index (χ3v) is 4.90. The van der Waals surface area contributed by atoms with Gasteiger partial charge in [-0.25, -0.2) is 0 Å². The highest BCUT2D eigenvalue weighted by molar-refractivity contribution is 5.79. The van der Waals surface area contributed by atoms with E-state index in [4.69, 9.17) is 5.73 Å². The van der Waals surface area contributed by atoms with Crippen molar-refractivity contribution in [2.45, 2.75) is 59.3 Å². The normalized spacial score (nSPS) is 30.6. The summed E-state index contributed by atoms with van der Waals surface area (Å²) in [5.41, 5.74) is 5.49. The van der Waals surface area contributed by atoms with Gasteiger partial charge in [0.1, 0.15) is 0 Å². The fourth-order valence-electron chi connectivity index (χ4n) is 3.93. The summed E-state index contributed by atoms with van der Waals surface area (Å²) < 4.78 is 0. The summed E-state index contributed by atoms with van der Waals surface area (Å²) in [6.45, 7) is 7.34. The molecule has 0 bridgehead atoms. The molecule has 0 radical (unpaired) electrons. The van der Waals surface area contributed by atoms with E-state index >= 15 is 0 Å². The van der Waals surface area contributed by atoms with Gasteiger partial charge in [-0.05, 0) is 48.9 Å². The van der Waals surface area contributed by atoms with E-state index in [1.165, 1.54) is 6.42 Å². The minimum Gasteiger partial charge on any atom is -0.370 e. The lowest BCUT2D eigenvalue weighted by Crippen LogP contribution is -2.40. The van der Waals surface area contributed by atoms with Gasteiger partial charge in [-0.2, -0.15) is 0 Å². The lowest BCUT2D eigenvalue weighted by atomic mass is 9.68. The first kappa shape index (κ1) is 15.3. The van der Waals surface area contributed by atoms with Crippen LogP contribution in [0.1, 0.15) is 59.3 Å². The maximum atomic E-state index is 12.4. The summed E-state index contributed by atoms with van der Waals surface area (Å²) in [4.78, 5) is 23.4. The predicted octanol–water partition coefficient (Wildman–Crippen LogP) is 2.22. The molecule has 0 spiro atoms. The Morgan fingerprint density at radius 1 is 1.25 bits per heavy atom. The van der Waals surface area contributed by atoms with E-state index < -0.39 is 0 Å². The number of nitrogens with one attached hydrogen (secondary N) is 1. The van der Waals surface area contributed by atoms with Gasteiger partial charge in [0.05, 0.1) is 0 Å². The molecule has 4 nitrogen and oxygen atoms in total. The largest absolute Gasteiger partial charge is 0.370 e.